The van der Waals surface area contributed by atoms with E-state index in [9.17, 15) is 4.79 Å². The first-order valence-electron chi connectivity index (χ1n) is 7.71. The lowest BCUT2D eigenvalue weighted by Crippen LogP contribution is -2.46. The van der Waals surface area contributed by atoms with Gasteiger partial charge in [-0.05, 0) is 58.4 Å². The first-order chi connectivity index (χ1) is 8.74. The third kappa shape index (κ3) is 4.79. The second-order valence-electron chi connectivity index (χ2n) is 7.20. The third-order valence-corrected chi connectivity index (χ3v) is 4.80. The van der Waals surface area contributed by atoms with Gasteiger partial charge in [-0.2, -0.15) is 0 Å². The van der Waals surface area contributed by atoms with Crippen LogP contribution in [0.2, 0.25) is 0 Å². The summed E-state index contributed by atoms with van der Waals surface area (Å²) in [5.74, 6) is 0.891. The summed E-state index contributed by atoms with van der Waals surface area (Å²) in [6.45, 7) is 13.0. The number of unbranched alkanes of at least 4 members (excludes halogenated alkanes) is 1. The standard InChI is InChI=1S/C16H31NO2/c1-12-10-13(2)14(3)17(11-12)9-7-6-8-16(4,5)15(18)19/h12-14H,6-11H2,1-5H3,(H,18,19). The summed E-state index contributed by atoms with van der Waals surface area (Å²) < 4.78 is 0. The van der Waals surface area contributed by atoms with Gasteiger partial charge in [0.25, 0.3) is 0 Å². The lowest BCUT2D eigenvalue weighted by atomic mass is 9.85. The monoisotopic (exact) mass is 269 g/mol. The summed E-state index contributed by atoms with van der Waals surface area (Å²) in [6, 6.07) is 0.670. The molecule has 0 aromatic carbocycles. The van der Waals surface area contributed by atoms with E-state index in [-0.39, 0.29) is 0 Å². The van der Waals surface area contributed by atoms with E-state index in [1.54, 1.807) is 0 Å². The molecule has 1 heterocycles. The topological polar surface area (TPSA) is 40.5 Å². The number of carboxylic acids is 1. The summed E-state index contributed by atoms with van der Waals surface area (Å²) in [5.41, 5.74) is -0.575. The van der Waals surface area contributed by atoms with Gasteiger partial charge in [-0.3, -0.25) is 4.79 Å². The molecule has 112 valence electrons. The highest BCUT2D eigenvalue weighted by Crippen LogP contribution is 2.28. The van der Waals surface area contributed by atoms with Crippen molar-refractivity contribution in [1.29, 1.82) is 0 Å². The van der Waals surface area contributed by atoms with E-state index in [4.69, 9.17) is 5.11 Å². The Labute approximate surface area is 118 Å². The van der Waals surface area contributed by atoms with Crippen LogP contribution in [0.5, 0.6) is 0 Å². The zero-order valence-corrected chi connectivity index (χ0v) is 13.3. The van der Waals surface area contributed by atoms with Crippen molar-refractivity contribution >= 4 is 5.97 Å². The number of hydrogen-bond acceptors (Lipinski definition) is 2. The predicted molar refractivity (Wildman–Crippen MR) is 79.2 cm³/mol. The van der Waals surface area contributed by atoms with Crippen LogP contribution in [0, 0.1) is 17.3 Å². The fourth-order valence-electron chi connectivity index (χ4n) is 3.12. The largest absolute Gasteiger partial charge is 0.481 e. The maximum absolute atomic E-state index is 11.0. The zero-order valence-electron chi connectivity index (χ0n) is 13.3. The first-order valence-corrected chi connectivity index (χ1v) is 7.71. The SMILES string of the molecule is CC1CC(C)C(C)N(CCCCC(C)(C)C(=O)O)C1. The smallest absolute Gasteiger partial charge is 0.309 e. The lowest BCUT2D eigenvalue weighted by Gasteiger charge is -2.41. The molecule has 3 unspecified atom stereocenters. The number of likely N-dealkylation sites (tertiary alicyclic amines) is 1. The Morgan fingerprint density at radius 3 is 2.47 bits per heavy atom. The van der Waals surface area contributed by atoms with E-state index in [2.05, 4.69) is 25.7 Å². The van der Waals surface area contributed by atoms with E-state index < -0.39 is 11.4 Å². The number of rotatable bonds is 6. The Kier molecular flexibility index (Phi) is 5.84. The van der Waals surface area contributed by atoms with Crippen LogP contribution in [0.1, 0.15) is 60.3 Å². The summed E-state index contributed by atoms with van der Waals surface area (Å²) in [4.78, 5) is 13.6. The number of nitrogens with zero attached hydrogens (tertiary/aromatic N) is 1. The molecule has 1 fully saturated rings. The lowest BCUT2D eigenvalue weighted by molar-refractivity contribution is -0.147. The second kappa shape index (κ2) is 6.74. The Morgan fingerprint density at radius 1 is 1.26 bits per heavy atom. The van der Waals surface area contributed by atoms with Crippen molar-refractivity contribution in [3.63, 3.8) is 0 Å². The molecule has 0 aliphatic carbocycles. The highest BCUT2D eigenvalue weighted by atomic mass is 16.4. The van der Waals surface area contributed by atoms with Crippen LogP contribution >= 0.6 is 0 Å². The van der Waals surface area contributed by atoms with Crippen molar-refractivity contribution in [2.75, 3.05) is 13.1 Å². The highest BCUT2D eigenvalue weighted by molar-refractivity contribution is 5.73. The maximum Gasteiger partial charge on any atom is 0.309 e. The molecule has 0 aromatic rings. The molecule has 0 aromatic heterocycles. The van der Waals surface area contributed by atoms with Gasteiger partial charge in [-0.25, -0.2) is 0 Å². The molecule has 3 nitrogen and oxygen atoms in total. The van der Waals surface area contributed by atoms with Gasteiger partial charge < -0.3 is 10.0 Å². The average Bonchev–Trinajstić information content (AvgIpc) is 2.30. The van der Waals surface area contributed by atoms with Crippen LogP contribution in [0.15, 0.2) is 0 Å². The molecule has 3 heteroatoms. The molecule has 1 aliphatic heterocycles. The number of piperidine rings is 1. The van der Waals surface area contributed by atoms with Crippen molar-refractivity contribution < 1.29 is 9.90 Å². The van der Waals surface area contributed by atoms with Crippen molar-refractivity contribution in [3.8, 4) is 0 Å². The van der Waals surface area contributed by atoms with E-state index in [1.165, 1.54) is 13.0 Å². The summed E-state index contributed by atoms with van der Waals surface area (Å²) in [6.07, 6.45) is 4.23. The van der Waals surface area contributed by atoms with Crippen LogP contribution in [-0.2, 0) is 4.79 Å². The van der Waals surface area contributed by atoms with Gasteiger partial charge in [0, 0.05) is 12.6 Å². The van der Waals surface area contributed by atoms with Gasteiger partial charge in [0.1, 0.15) is 0 Å². The van der Waals surface area contributed by atoms with Gasteiger partial charge in [-0.1, -0.05) is 20.3 Å². The van der Waals surface area contributed by atoms with Crippen LogP contribution < -0.4 is 0 Å². The van der Waals surface area contributed by atoms with Crippen LogP contribution in [0.25, 0.3) is 0 Å². The minimum atomic E-state index is -0.680. The fourth-order valence-corrected chi connectivity index (χ4v) is 3.12. The molecule has 1 rings (SSSR count). The molecule has 0 bridgehead atoms. The molecule has 1 saturated heterocycles. The Balaban J connectivity index is 2.31. The number of aliphatic carboxylic acids is 1. The van der Waals surface area contributed by atoms with E-state index >= 15 is 0 Å². The normalized spacial score (nSPS) is 29.4. The van der Waals surface area contributed by atoms with Gasteiger partial charge in [0.05, 0.1) is 5.41 Å². The van der Waals surface area contributed by atoms with Crippen molar-refractivity contribution in [2.45, 2.75) is 66.3 Å². The van der Waals surface area contributed by atoms with Crippen LogP contribution in [0.3, 0.4) is 0 Å². The molecular weight excluding hydrogens is 238 g/mol. The van der Waals surface area contributed by atoms with Crippen molar-refractivity contribution in [1.82, 2.24) is 4.90 Å². The molecule has 3 atom stereocenters. The summed E-state index contributed by atoms with van der Waals surface area (Å²) in [5, 5.41) is 9.09. The van der Waals surface area contributed by atoms with Crippen LogP contribution in [0.4, 0.5) is 0 Å². The van der Waals surface area contributed by atoms with Crippen molar-refractivity contribution in [2.24, 2.45) is 17.3 Å². The second-order valence-corrected chi connectivity index (χ2v) is 7.20. The molecule has 19 heavy (non-hydrogen) atoms. The Morgan fingerprint density at radius 2 is 1.89 bits per heavy atom. The Hall–Kier alpha value is -0.570. The molecule has 1 N–H and O–H groups in total. The highest BCUT2D eigenvalue weighted by Gasteiger charge is 2.29. The fraction of sp³-hybridized carbons (Fsp3) is 0.938. The van der Waals surface area contributed by atoms with Crippen LogP contribution in [-0.4, -0.2) is 35.1 Å². The quantitative estimate of drug-likeness (QED) is 0.748. The minimum absolute atomic E-state index is 0.575. The number of carboxylic acid groups (broad SMARTS) is 1. The van der Waals surface area contributed by atoms with E-state index in [0.717, 1.165) is 37.6 Å². The van der Waals surface area contributed by atoms with Gasteiger partial charge in [0.15, 0.2) is 0 Å². The minimum Gasteiger partial charge on any atom is -0.481 e. The molecule has 0 amide bonds. The van der Waals surface area contributed by atoms with Gasteiger partial charge in [-0.15, -0.1) is 0 Å². The van der Waals surface area contributed by atoms with E-state index in [0.29, 0.717) is 6.04 Å². The maximum atomic E-state index is 11.0. The van der Waals surface area contributed by atoms with Crippen molar-refractivity contribution in [3.05, 3.63) is 0 Å². The molecular formula is C16H31NO2. The predicted octanol–water partition coefficient (Wildman–Crippen LogP) is 3.63. The summed E-state index contributed by atoms with van der Waals surface area (Å²) in [7, 11) is 0. The first kappa shape index (κ1) is 16.5. The summed E-state index contributed by atoms with van der Waals surface area (Å²) >= 11 is 0. The molecule has 1 aliphatic rings. The molecule has 0 radical (unpaired) electrons. The number of carbonyl (C=O) groups is 1. The van der Waals surface area contributed by atoms with E-state index in [1.807, 2.05) is 13.8 Å². The van der Waals surface area contributed by atoms with Gasteiger partial charge >= 0.3 is 5.97 Å². The molecule has 0 saturated carbocycles. The molecule has 0 spiro atoms. The number of hydrogen-bond donors (Lipinski definition) is 1. The van der Waals surface area contributed by atoms with Gasteiger partial charge in [0.2, 0.25) is 0 Å². The Bertz CT molecular complexity index is 301. The third-order valence-electron chi connectivity index (χ3n) is 4.80. The zero-order chi connectivity index (χ0) is 14.6. The average molecular weight is 269 g/mol.